The quantitative estimate of drug-likeness (QED) is 0.712. The van der Waals surface area contributed by atoms with Crippen molar-refractivity contribution < 1.29 is 13.5 Å². The van der Waals surface area contributed by atoms with Crippen LogP contribution < -0.4 is 0 Å². The van der Waals surface area contributed by atoms with Gasteiger partial charge in [0.15, 0.2) is 11.6 Å². The third-order valence-corrected chi connectivity index (χ3v) is 2.45. The average Bonchev–Trinajstić information content (AvgIpc) is 2.21. The summed E-state index contributed by atoms with van der Waals surface area (Å²) < 4.78 is 30.9. The SMILES string of the molecule is COCC(Cl)CCc1cccc(F)c1F. The lowest BCUT2D eigenvalue weighted by Gasteiger charge is -2.08. The molecule has 0 radical (unpaired) electrons. The Hall–Kier alpha value is -0.670. The van der Waals surface area contributed by atoms with Crippen LogP contribution in [0.1, 0.15) is 12.0 Å². The molecule has 0 amide bonds. The number of aryl methyl sites for hydroxylation is 1. The minimum Gasteiger partial charge on any atom is -0.383 e. The molecule has 0 saturated heterocycles. The van der Waals surface area contributed by atoms with Crippen molar-refractivity contribution in [2.45, 2.75) is 18.2 Å². The van der Waals surface area contributed by atoms with Gasteiger partial charge in [0, 0.05) is 7.11 Å². The van der Waals surface area contributed by atoms with Crippen LogP contribution >= 0.6 is 11.6 Å². The molecule has 1 aromatic rings. The summed E-state index contributed by atoms with van der Waals surface area (Å²) in [6.45, 7) is 0.415. The van der Waals surface area contributed by atoms with Crippen molar-refractivity contribution in [3.63, 3.8) is 0 Å². The Bertz CT molecular complexity index is 317. The topological polar surface area (TPSA) is 9.23 Å². The van der Waals surface area contributed by atoms with Gasteiger partial charge in [0.1, 0.15) is 0 Å². The highest BCUT2D eigenvalue weighted by atomic mass is 35.5. The molecule has 1 aromatic carbocycles. The summed E-state index contributed by atoms with van der Waals surface area (Å²) in [6.07, 6.45) is 0.983. The van der Waals surface area contributed by atoms with Crippen molar-refractivity contribution in [1.29, 1.82) is 0 Å². The Labute approximate surface area is 93.0 Å². The van der Waals surface area contributed by atoms with E-state index in [0.717, 1.165) is 6.07 Å². The molecule has 0 spiro atoms. The van der Waals surface area contributed by atoms with Gasteiger partial charge in [0.25, 0.3) is 0 Å². The Morgan fingerprint density at radius 3 is 2.80 bits per heavy atom. The summed E-state index contributed by atoms with van der Waals surface area (Å²) in [4.78, 5) is 0. The summed E-state index contributed by atoms with van der Waals surface area (Å²) in [5.41, 5.74) is 0.358. The number of hydrogen-bond donors (Lipinski definition) is 0. The van der Waals surface area contributed by atoms with E-state index in [0.29, 0.717) is 25.0 Å². The summed E-state index contributed by atoms with van der Waals surface area (Å²) in [5.74, 6) is -1.59. The van der Waals surface area contributed by atoms with Crippen molar-refractivity contribution in [1.82, 2.24) is 0 Å². The maximum absolute atomic E-state index is 13.2. The molecule has 0 N–H and O–H groups in total. The molecule has 0 aromatic heterocycles. The first-order chi connectivity index (χ1) is 7.15. The summed E-state index contributed by atoms with van der Waals surface area (Å²) in [7, 11) is 1.55. The van der Waals surface area contributed by atoms with Gasteiger partial charge in [0.05, 0.1) is 12.0 Å². The van der Waals surface area contributed by atoms with Gasteiger partial charge in [-0.15, -0.1) is 11.6 Å². The number of benzene rings is 1. The molecule has 0 bridgehead atoms. The van der Waals surface area contributed by atoms with Gasteiger partial charge in [-0.2, -0.15) is 0 Å². The van der Waals surface area contributed by atoms with Gasteiger partial charge in [0.2, 0.25) is 0 Å². The van der Waals surface area contributed by atoms with Gasteiger partial charge in [-0.3, -0.25) is 0 Å². The highest BCUT2D eigenvalue weighted by Gasteiger charge is 2.10. The van der Waals surface area contributed by atoms with Crippen molar-refractivity contribution >= 4 is 11.6 Å². The van der Waals surface area contributed by atoms with Gasteiger partial charge < -0.3 is 4.74 Å². The highest BCUT2D eigenvalue weighted by Crippen LogP contribution is 2.15. The lowest BCUT2D eigenvalue weighted by atomic mass is 10.1. The van der Waals surface area contributed by atoms with E-state index in [9.17, 15) is 8.78 Å². The molecule has 1 rings (SSSR count). The van der Waals surface area contributed by atoms with Gasteiger partial charge >= 0.3 is 0 Å². The number of halogens is 3. The summed E-state index contributed by atoms with van der Waals surface area (Å²) >= 11 is 5.88. The summed E-state index contributed by atoms with van der Waals surface area (Å²) in [6, 6.07) is 4.16. The fraction of sp³-hybridized carbons (Fsp3) is 0.455. The number of ether oxygens (including phenoxy) is 1. The van der Waals surface area contributed by atoms with Gasteiger partial charge in [-0.05, 0) is 24.5 Å². The first kappa shape index (κ1) is 12.4. The van der Waals surface area contributed by atoms with Crippen molar-refractivity contribution in [2.24, 2.45) is 0 Å². The maximum Gasteiger partial charge on any atom is 0.162 e. The molecule has 15 heavy (non-hydrogen) atoms. The molecule has 4 heteroatoms. The number of alkyl halides is 1. The van der Waals surface area contributed by atoms with Crippen LogP contribution in [0.15, 0.2) is 18.2 Å². The van der Waals surface area contributed by atoms with Crippen molar-refractivity contribution in [3.05, 3.63) is 35.4 Å². The van der Waals surface area contributed by atoms with E-state index < -0.39 is 11.6 Å². The molecule has 84 valence electrons. The molecule has 0 aliphatic heterocycles. The number of rotatable bonds is 5. The zero-order valence-corrected chi connectivity index (χ0v) is 9.23. The molecule has 0 fully saturated rings. The van der Waals surface area contributed by atoms with E-state index in [4.69, 9.17) is 16.3 Å². The smallest absolute Gasteiger partial charge is 0.162 e. The van der Waals surface area contributed by atoms with Crippen LogP contribution in [0.5, 0.6) is 0 Å². The van der Waals surface area contributed by atoms with E-state index in [1.807, 2.05) is 0 Å². The summed E-state index contributed by atoms with van der Waals surface area (Å²) in [5, 5.41) is -0.169. The van der Waals surface area contributed by atoms with Crippen molar-refractivity contribution in [3.8, 4) is 0 Å². The Kier molecular flexibility index (Phi) is 4.99. The molecular weight excluding hydrogens is 222 g/mol. The third-order valence-electron chi connectivity index (χ3n) is 2.11. The first-order valence-corrected chi connectivity index (χ1v) is 5.14. The van der Waals surface area contributed by atoms with Crippen LogP contribution in [0.4, 0.5) is 8.78 Å². The van der Waals surface area contributed by atoms with Gasteiger partial charge in [-0.25, -0.2) is 8.78 Å². The van der Waals surface area contributed by atoms with Crippen LogP contribution in [0.3, 0.4) is 0 Å². The van der Waals surface area contributed by atoms with E-state index in [2.05, 4.69) is 0 Å². The molecule has 1 unspecified atom stereocenters. The molecule has 0 heterocycles. The van der Waals surface area contributed by atoms with Crippen LogP contribution in [0.25, 0.3) is 0 Å². The van der Waals surface area contributed by atoms with Crippen LogP contribution in [0.2, 0.25) is 0 Å². The van der Waals surface area contributed by atoms with E-state index in [1.54, 1.807) is 13.2 Å². The second kappa shape index (κ2) is 6.03. The lowest BCUT2D eigenvalue weighted by molar-refractivity contribution is 0.195. The second-order valence-electron chi connectivity index (χ2n) is 3.30. The van der Waals surface area contributed by atoms with E-state index in [-0.39, 0.29) is 5.38 Å². The van der Waals surface area contributed by atoms with Crippen LogP contribution in [0, 0.1) is 11.6 Å². The van der Waals surface area contributed by atoms with Gasteiger partial charge in [-0.1, -0.05) is 12.1 Å². The predicted octanol–water partition coefficient (Wildman–Crippen LogP) is 3.15. The maximum atomic E-state index is 13.2. The van der Waals surface area contributed by atoms with Crippen LogP contribution in [-0.4, -0.2) is 19.1 Å². The average molecular weight is 235 g/mol. The molecule has 0 aliphatic carbocycles. The predicted molar refractivity (Wildman–Crippen MR) is 56.2 cm³/mol. The number of hydrogen-bond acceptors (Lipinski definition) is 1. The molecule has 1 atom stereocenters. The largest absolute Gasteiger partial charge is 0.383 e. The second-order valence-corrected chi connectivity index (χ2v) is 3.92. The monoisotopic (exact) mass is 234 g/mol. The van der Waals surface area contributed by atoms with E-state index >= 15 is 0 Å². The Morgan fingerprint density at radius 2 is 2.13 bits per heavy atom. The Balaban J connectivity index is 2.54. The lowest BCUT2D eigenvalue weighted by Crippen LogP contribution is -2.09. The normalized spacial score (nSPS) is 12.8. The third kappa shape index (κ3) is 3.76. The zero-order chi connectivity index (χ0) is 11.3. The Morgan fingerprint density at radius 1 is 1.40 bits per heavy atom. The van der Waals surface area contributed by atoms with Crippen LogP contribution in [-0.2, 0) is 11.2 Å². The van der Waals surface area contributed by atoms with E-state index in [1.165, 1.54) is 6.07 Å². The standard InChI is InChI=1S/C11H13ClF2O/c1-15-7-9(12)6-5-8-3-2-4-10(13)11(8)14/h2-4,9H,5-7H2,1H3. The first-order valence-electron chi connectivity index (χ1n) is 4.71. The minimum absolute atomic E-state index is 0.169. The highest BCUT2D eigenvalue weighted by molar-refractivity contribution is 6.20. The molecule has 1 nitrogen and oxygen atoms in total. The molecule has 0 saturated carbocycles. The molecule has 0 aliphatic rings. The zero-order valence-electron chi connectivity index (χ0n) is 8.47. The fourth-order valence-electron chi connectivity index (χ4n) is 1.32. The minimum atomic E-state index is -0.814. The van der Waals surface area contributed by atoms with Crippen molar-refractivity contribution in [2.75, 3.05) is 13.7 Å². The number of methoxy groups -OCH3 is 1. The fourth-order valence-corrected chi connectivity index (χ4v) is 1.55. The molecular formula is C11H13ClF2O.